The second-order valence-corrected chi connectivity index (χ2v) is 9.99. The van der Waals surface area contributed by atoms with Crippen molar-refractivity contribution >= 4 is 27.8 Å². The number of amides is 1. The van der Waals surface area contributed by atoms with Crippen molar-refractivity contribution in [1.82, 2.24) is 5.01 Å². The van der Waals surface area contributed by atoms with Gasteiger partial charge in [0.05, 0.1) is 16.6 Å². The molecule has 0 unspecified atom stereocenters. The van der Waals surface area contributed by atoms with Crippen LogP contribution in [0.2, 0.25) is 0 Å². The first-order chi connectivity index (χ1) is 16.4. The molecule has 2 aliphatic rings. The van der Waals surface area contributed by atoms with E-state index in [0.717, 1.165) is 41.7 Å². The van der Waals surface area contributed by atoms with Crippen molar-refractivity contribution in [2.45, 2.75) is 30.2 Å². The van der Waals surface area contributed by atoms with Crippen molar-refractivity contribution < 1.29 is 17.8 Å². The molecule has 1 fully saturated rings. The summed E-state index contributed by atoms with van der Waals surface area (Å²) in [5.74, 6) is -0.233. The Bertz CT molecular complexity index is 1370. The van der Waals surface area contributed by atoms with Crippen LogP contribution in [-0.2, 0) is 10.1 Å². The number of rotatable bonds is 4. The van der Waals surface area contributed by atoms with Gasteiger partial charge in [-0.25, -0.2) is 5.01 Å². The zero-order valence-electron chi connectivity index (χ0n) is 18.4. The average molecular weight is 473 g/mol. The van der Waals surface area contributed by atoms with Gasteiger partial charge in [-0.3, -0.25) is 9.35 Å². The molecule has 1 aliphatic heterocycles. The molecule has 1 aliphatic carbocycles. The summed E-state index contributed by atoms with van der Waals surface area (Å²) in [4.78, 5) is 13.3. The minimum atomic E-state index is -4.33. The highest BCUT2D eigenvalue weighted by Crippen LogP contribution is 2.44. The molecule has 0 bridgehead atoms. The van der Waals surface area contributed by atoms with Gasteiger partial charge < -0.3 is 0 Å². The maximum Gasteiger partial charge on any atom is 0.294 e. The normalized spacial score (nSPS) is 21.3. The summed E-state index contributed by atoms with van der Waals surface area (Å²) in [7, 11) is -4.33. The molecule has 2 atom stereocenters. The van der Waals surface area contributed by atoms with Crippen LogP contribution in [0.25, 0.3) is 6.08 Å². The lowest BCUT2D eigenvalue weighted by molar-refractivity contribution is 0.0680. The van der Waals surface area contributed by atoms with Crippen molar-refractivity contribution in [3.63, 3.8) is 0 Å². The molecule has 0 saturated heterocycles. The predicted octanol–water partition coefficient (Wildman–Crippen LogP) is 5.37. The molecule has 5 rings (SSSR count). The van der Waals surface area contributed by atoms with Gasteiger partial charge in [0, 0.05) is 11.5 Å². The summed E-state index contributed by atoms with van der Waals surface area (Å²) in [6.45, 7) is 0. The van der Waals surface area contributed by atoms with Gasteiger partial charge in [-0.05, 0) is 66.3 Å². The fourth-order valence-electron chi connectivity index (χ4n) is 4.80. The Labute approximate surface area is 199 Å². The zero-order chi connectivity index (χ0) is 23.7. The summed E-state index contributed by atoms with van der Waals surface area (Å²) in [6.07, 6.45) is 4.99. The third kappa shape index (κ3) is 4.32. The Morgan fingerprint density at radius 2 is 1.59 bits per heavy atom. The van der Waals surface area contributed by atoms with Crippen LogP contribution in [0.3, 0.4) is 0 Å². The van der Waals surface area contributed by atoms with Gasteiger partial charge in [-0.1, -0.05) is 60.7 Å². The van der Waals surface area contributed by atoms with E-state index in [1.54, 1.807) is 5.01 Å². The molecule has 3 aromatic rings. The molecule has 0 spiro atoms. The molecule has 172 valence electrons. The van der Waals surface area contributed by atoms with Gasteiger partial charge in [-0.2, -0.15) is 13.5 Å². The topological polar surface area (TPSA) is 87.0 Å². The lowest BCUT2D eigenvalue weighted by Gasteiger charge is -2.29. The smallest absolute Gasteiger partial charge is 0.282 e. The highest BCUT2D eigenvalue weighted by Gasteiger charge is 2.43. The van der Waals surface area contributed by atoms with Crippen LogP contribution < -0.4 is 0 Å². The number of allylic oxidation sites excluding steroid dienone is 1. The summed E-state index contributed by atoms with van der Waals surface area (Å²) < 4.78 is 32.1. The van der Waals surface area contributed by atoms with Crippen LogP contribution in [0.1, 0.15) is 46.8 Å². The number of fused-ring (bicyclic) bond motifs is 1. The SMILES string of the molecule is O=C(c1ccc(S(=O)(=O)O)cc1)N1N=C2/C(=C/c3ccccc3)CCC[C@@H]2[C@H]1c1ccccc1. The van der Waals surface area contributed by atoms with Crippen molar-refractivity contribution in [3.8, 4) is 0 Å². The van der Waals surface area contributed by atoms with E-state index in [4.69, 9.17) is 5.10 Å². The summed E-state index contributed by atoms with van der Waals surface area (Å²) in [5.41, 5.74) is 4.50. The molecule has 1 heterocycles. The number of carbonyl (C=O) groups excluding carboxylic acids is 1. The minimum absolute atomic E-state index is 0.0761. The number of nitrogens with zero attached hydrogens (tertiary/aromatic N) is 2. The van der Waals surface area contributed by atoms with Crippen LogP contribution in [0.5, 0.6) is 0 Å². The molecule has 34 heavy (non-hydrogen) atoms. The largest absolute Gasteiger partial charge is 0.294 e. The molecule has 0 radical (unpaired) electrons. The Kier molecular flexibility index (Phi) is 5.89. The predicted molar refractivity (Wildman–Crippen MR) is 131 cm³/mol. The molecular formula is C27H24N2O4S. The third-order valence-corrected chi connectivity index (χ3v) is 7.26. The average Bonchev–Trinajstić information content (AvgIpc) is 3.25. The fraction of sp³-hybridized carbons (Fsp3) is 0.185. The Morgan fingerprint density at radius 1 is 0.941 bits per heavy atom. The zero-order valence-corrected chi connectivity index (χ0v) is 19.2. The quantitative estimate of drug-likeness (QED) is 0.517. The molecule has 1 saturated carbocycles. The number of hydrogen-bond acceptors (Lipinski definition) is 4. The number of carbonyl (C=O) groups is 1. The van der Waals surface area contributed by atoms with Crippen molar-refractivity contribution in [1.29, 1.82) is 0 Å². The van der Waals surface area contributed by atoms with Gasteiger partial charge >= 0.3 is 0 Å². The van der Waals surface area contributed by atoms with Gasteiger partial charge in [0.15, 0.2) is 0 Å². The number of hydrazone groups is 1. The van der Waals surface area contributed by atoms with Crippen molar-refractivity contribution in [2.75, 3.05) is 0 Å². The van der Waals surface area contributed by atoms with E-state index in [0.29, 0.717) is 5.56 Å². The van der Waals surface area contributed by atoms with Gasteiger partial charge in [-0.15, -0.1) is 0 Å². The second kappa shape index (κ2) is 9.00. The monoisotopic (exact) mass is 472 g/mol. The first-order valence-corrected chi connectivity index (χ1v) is 12.7. The third-order valence-electron chi connectivity index (χ3n) is 6.39. The first-order valence-electron chi connectivity index (χ1n) is 11.2. The van der Waals surface area contributed by atoms with Crippen LogP contribution in [-0.4, -0.2) is 29.6 Å². The van der Waals surface area contributed by atoms with Crippen LogP contribution >= 0.6 is 0 Å². The van der Waals surface area contributed by atoms with E-state index >= 15 is 0 Å². The number of hydrogen-bond donors (Lipinski definition) is 1. The molecule has 1 N–H and O–H groups in total. The molecular weight excluding hydrogens is 448 g/mol. The second-order valence-electron chi connectivity index (χ2n) is 8.57. The highest BCUT2D eigenvalue weighted by atomic mass is 32.2. The van der Waals surface area contributed by atoms with E-state index in [2.05, 4.69) is 18.2 Å². The molecule has 6 nitrogen and oxygen atoms in total. The maximum absolute atomic E-state index is 13.6. The lowest BCUT2D eigenvalue weighted by atomic mass is 9.77. The highest BCUT2D eigenvalue weighted by molar-refractivity contribution is 7.85. The van der Waals surface area contributed by atoms with Crippen LogP contribution in [0.4, 0.5) is 0 Å². The molecule has 0 aromatic heterocycles. The fourth-order valence-corrected chi connectivity index (χ4v) is 5.28. The molecule has 3 aromatic carbocycles. The number of benzene rings is 3. The maximum atomic E-state index is 13.6. The Morgan fingerprint density at radius 3 is 2.24 bits per heavy atom. The van der Waals surface area contributed by atoms with E-state index in [1.165, 1.54) is 24.3 Å². The van der Waals surface area contributed by atoms with E-state index in [1.807, 2.05) is 48.5 Å². The van der Waals surface area contributed by atoms with E-state index in [9.17, 15) is 17.8 Å². The van der Waals surface area contributed by atoms with Crippen LogP contribution in [0.15, 0.2) is 100 Å². The van der Waals surface area contributed by atoms with Gasteiger partial charge in [0.1, 0.15) is 0 Å². The first kappa shape index (κ1) is 22.3. The van der Waals surface area contributed by atoms with Crippen LogP contribution in [0, 0.1) is 5.92 Å². The van der Waals surface area contributed by atoms with Crippen molar-refractivity contribution in [2.24, 2.45) is 11.0 Å². The van der Waals surface area contributed by atoms with Gasteiger partial charge in [0.2, 0.25) is 0 Å². The minimum Gasteiger partial charge on any atom is -0.282 e. The summed E-state index contributed by atoms with van der Waals surface area (Å²) in [5, 5.41) is 6.40. The standard InChI is InChI=1S/C27H24N2O4S/c30-27(21-14-16-23(17-15-21)34(31,32)33)29-26(20-10-5-2-6-11-20)24-13-7-12-22(25(24)28-29)18-19-8-3-1-4-9-19/h1-6,8-11,14-18,24,26H,7,12-13H2,(H,31,32,33)/b22-18+/t24-,26+/m0/s1. The van der Waals surface area contributed by atoms with Crippen molar-refractivity contribution in [3.05, 3.63) is 107 Å². The van der Waals surface area contributed by atoms with E-state index in [-0.39, 0.29) is 22.8 Å². The summed E-state index contributed by atoms with van der Waals surface area (Å²) in [6, 6.07) is 25.0. The Hall–Kier alpha value is -3.55. The molecule has 1 amide bonds. The molecule has 7 heteroatoms. The van der Waals surface area contributed by atoms with E-state index < -0.39 is 10.1 Å². The summed E-state index contributed by atoms with van der Waals surface area (Å²) >= 11 is 0. The lowest BCUT2D eigenvalue weighted by Crippen LogP contribution is -2.31. The Balaban J connectivity index is 1.56. The van der Waals surface area contributed by atoms with Gasteiger partial charge in [0.25, 0.3) is 16.0 Å².